The second-order valence-corrected chi connectivity index (χ2v) is 9.18. The van der Waals surface area contributed by atoms with Crippen LogP contribution in [0.4, 0.5) is 5.69 Å². The molecule has 1 aromatic rings. The van der Waals surface area contributed by atoms with Crippen LogP contribution in [0.15, 0.2) is 18.2 Å². The molecule has 1 spiro atoms. The first-order valence-corrected chi connectivity index (χ1v) is 10.1. The van der Waals surface area contributed by atoms with Crippen LogP contribution in [0, 0.1) is 0 Å². The number of rotatable bonds is 3. The minimum Gasteiger partial charge on any atom is -0.399 e. The minimum absolute atomic E-state index is 0.261. The molecule has 3 aliphatic rings. The maximum absolute atomic E-state index is 6.28. The fourth-order valence-corrected chi connectivity index (χ4v) is 4.58. The summed E-state index contributed by atoms with van der Waals surface area (Å²) in [5, 5.41) is 0. The number of ether oxygens (including phenoxy) is 1. The van der Waals surface area contributed by atoms with Crippen LogP contribution in [0.25, 0.3) is 0 Å². The molecule has 4 rings (SSSR count). The third-order valence-electron chi connectivity index (χ3n) is 6.90. The number of hydrogen-bond acceptors (Lipinski definition) is 4. The van der Waals surface area contributed by atoms with Crippen LogP contribution in [0.2, 0.25) is 0 Å². The first-order chi connectivity index (χ1) is 12.3. The molecule has 4 nitrogen and oxygen atoms in total. The van der Waals surface area contributed by atoms with Crippen LogP contribution in [-0.4, -0.2) is 44.6 Å². The van der Waals surface area contributed by atoms with Gasteiger partial charge in [0.2, 0.25) is 0 Å². The Kier molecular flexibility index (Phi) is 4.41. The van der Waals surface area contributed by atoms with Crippen molar-refractivity contribution < 1.29 is 14.0 Å². The van der Waals surface area contributed by atoms with Crippen LogP contribution < -0.4 is 10.4 Å². The summed E-state index contributed by atoms with van der Waals surface area (Å²) in [6, 6.07) is 6.86. The molecule has 142 valence electrons. The van der Waals surface area contributed by atoms with Crippen molar-refractivity contribution in [1.82, 2.24) is 0 Å². The summed E-state index contributed by atoms with van der Waals surface area (Å²) in [6.45, 7) is 14.7. The lowest BCUT2D eigenvalue weighted by Gasteiger charge is -2.34. The Balaban J connectivity index is 1.68. The molecule has 0 aliphatic carbocycles. The number of benzene rings is 1. The highest BCUT2D eigenvalue weighted by Gasteiger charge is 2.52. The molecule has 3 heterocycles. The fraction of sp³-hybridized carbons (Fsp3) is 0.714. The molecule has 0 unspecified atom stereocenters. The normalized spacial score (nSPS) is 25.7. The highest BCUT2D eigenvalue weighted by atomic mass is 16.7. The van der Waals surface area contributed by atoms with Gasteiger partial charge in [0.1, 0.15) is 0 Å². The van der Waals surface area contributed by atoms with E-state index in [4.69, 9.17) is 14.0 Å². The Morgan fingerprint density at radius 2 is 1.69 bits per heavy atom. The molecule has 0 bridgehead atoms. The molecule has 5 heteroatoms. The van der Waals surface area contributed by atoms with Gasteiger partial charge in [-0.25, -0.2) is 0 Å². The molecule has 0 amide bonds. The van der Waals surface area contributed by atoms with Gasteiger partial charge in [-0.05, 0) is 64.1 Å². The maximum Gasteiger partial charge on any atom is 0.494 e. The van der Waals surface area contributed by atoms with Gasteiger partial charge in [-0.3, -0.25) is 0 Å². The van der Waals surface area contributed by atoms with E-state index in [1.807, 2.05) is 0 Å². The van der Waals surface area contributed by atoms with Crippen molar-refractivity contribution in [2.45, 2.75) is 70.5 Å². The smallest absolute Gasteiger partial charge is 0.399 e. The highest BCUT2D eigenvalue weighted by Crippen LogP contribution is 2.46. The van der Waals surface area contributed by atoms with E-state index in [2.05, 4.69) is 57.7 Å². The van der Waals surface area contributed by atoms with Crippen molar-refractivity contribution in [3.05, 3.63) is 23.8 Å². The summed E-state index contributed by atoms with van der Waals surface area (Å²) in [5.41, 5.74) is 3.66. The Morgan fingerprint density at radius 3 is 2.31 bits per heavy atom. The lowest BCUT2D eigenvalue weighted by molar-refractivity contribution is 0.00578. The van der Waals surface area contributed by atoms with Crippen LogP contribution >= 0.6 is 0 Å². The van der Waals surface area contributed by atoms with Gasteiger partial charge in [-0.15, -0.1) is 0 Å². The van der Waals surface area contributed by atoms with Gasteiger partial charge in [-0.2, -0.15) is 0 Å². The number of fused-ring (bicyclic) bond motifs is 2. The summed E-state index contributed by atoms with van der Waals surface area (Å²) in [6.07, 6.45) is 3.40. The van der Waals surface area contributed by atoms with Crippen molar-refractivity contribution in [1.29, 1.82) is 0 Å². The van der Waals surface area contributed by atoms with Crippen molar-refractivity contribution >= 4 is 18.3 Å². The zero-order valence-electron chi connectivity index (χ0n) is 16.9. The zero-order valence-corrected chi connectivity index (χ0v) is 16.9. The molecule has 0 N–H and O–H groups in total. The lowest BCUT2D eigenvalue weighted by Crippen LogP contribution is -2.41. The van der Waals surface area contributed by atoms with Gasteiger partial charge in [0.05, 0.1) is 11.2 Å². The molecule has 0 aromatic heterocycles. The third-order valence-corrected chi connectivity index (χ3v) is 6.90. The largest absolute Gasteiger partial charge is 0.494 e. The summed E-state index contributed by atoms with van der Waals surface area (Å²) in [5.74, 6) is 0. The number of anilines is 1. The van der Waals surface area contributed by atoms with Crippen LogP contribution in [0.3, 0.4) is 0 Å². The van der Waals surface area contributed by atoms with Gasteiger partial charge in [0.15, 0.2) is 0 Å². The van der Waals surface area contributed by atoms with Gasteiger partial charge >= 0.3 is 7.12 Å². The summed E-state index contributed by atoms with van der Waals surface area (Å²) < 4.78 is 18.2. The van der Waals surface area contributed by atoms with Crippen molar-refractivity contribution in [2.75, 3.05) is 31.2 Å². The fourth-order valence-electron chi connectivity index (χ4n) is 4.58. The van der Waals surface area contributed by atoms with E-state index in [1.165, 1.54) is 11.3 Å². The average molecular weight is 357 g/mol. The molecule has 26 heavy (non-hydrogen) atoms. The van der Waals surface area contributed by atoms with Crippen LogP contribution in [0.1, 0.15) is 59.4 Å². The second-order valence-electron chi connectivity index (χ2n) is 9.18. The molecule has 1 aromatic carbocycles. The molecule has 0 atom stereocenters. The molecule has 2 fully saturated rings. The second kappa shape index (κ2) is 6.25. The topological polar surface area (TPSA) is 30.9 Å². The Morgan fingerprint density at radius 1 is 1.04 bits per heavy atom. The summed E-state index contributed by atoms with van der Waals surface area (Å²) in [7, 11) is -0.292. The van der Waals surface area contributed by atoms with E-state index in [0.717, 1.165) is 51.0 Å². The van der Waals surface area contributed by atoms with Crippen LogP contribution in [0.5, 0.6) is 0 Å². The summed E-state index contributed by atoms with van der Waals surface area (Å²) >= 11 is 0. The standard InChI is InChI=1S/C21H32BNO3/c1-6-11-23-15-21(9-12-24-13-10-21)17-8-7-16(14-18(17)23)22-25-19(2,3)20(4,5)26-22/h7-8,14H,6,9-13,15H2,1-5H3. The number of nitrogens with zero attached hydrogens (tertiary/aromatic N) is 1. The number of hydrogen-bond donors (Lipinski definition) is 0. The predicted molar refractivity (Wildman–Crippen MR) is 106 cm³/mol. The van der Waals surface area contributed by atoms with Gasteiger partial charge in [0, 0.05) is 37.4 Å². The molecule has 2 saturated heterocycles. The van der Waals surface area contributed by atoms with E-state index in [-0.39, 0.29) is 23.7 Å². The Labute approximate surface area is 158 Å². The first kappa shape index (κ1) is 18.3. The van der Waals surface area contributed by atoms with E-state index in [1.54, 1.807) is 0 Å². The van der Waals surface area contributed by atoms with Crippen LogP contribution in [-0.2, 0) is 19.5 Å². The van der Waals surface area contributed by atoms with Crippen molar-refractivity contribution in [2.24, 2.45) is 0 Å². The molecular formula is C21H32BNO3. The highest BCUT2D eigenvalue weighted by molar-refractivity contribution is 6.62. The van der Waals surface area contributed by atoms with Crippen molar-refractivity contribution in [3.8, 4) is 0 Å². The minimum atomic E-state index is -0.304. The Bertz CT molecular complexity index is 666. The monoisotopic (exact) mass is 357 g/mol. The zero-order chi connectivity index (χ0) is 18.6. The SMILES string of the molecule is CCCN1CC2(CCOCC2)c2ccc(B3OC(C)(C)C(C)(C)O3)cc21. The first-order valence-electron chi connectivity index (χ1n) is 10.1. The quantitative estimate of drug-likeness (QED) is 0.777. The summed E-state index contributed by atoms with van der Waals surface area (Å²) in [4.78, 5) is 2.56. The van der Waals surface area contributed by atoms with Crippen molar-refractivity contribution in [3.63, 3.8) is 0 Å². The van der Waals surface area contributed by atoms with Gasteiger partial charge < -0.3 is 18.9 Å². The average Bonchev–Trinajstić information content (AvgIpc) is 2.99. The Hall–Kier alpha value is -1.04. The molecular weight excluding hydrogens is 325 g/mol. The molecule has 0 saturated carbocycles. The van der Waals surface area contributed by atoms with E-state index >= 15 is 0 Å². The van der Waals surface area contributed by atoms with E-state index in [9.17, 15) is 0 Å². The lowest BCUT2D eigenvalue weighted by atomic mass is 9.73. The van der Waals surface area contributed by atoms with Gasteiger partial charge in [-0.1, -0.05) is 19.1 Å². The maximum atomic E-state index is 6.28. The molecule has 0 radical (unpaired) electrons. The third kappa shape index (κ3) is 2.79. The predicted octanol–water partition coefficient (Wildman–Crippen LogP) is 3.26. The van der Waals surface area contributed by atoms with E-state index < -0.39 is 0 Å². The van der Waals surface area contributed by atoms with E-state index in [0.29, 0.717) is 0 Å². The molecule has 3 aliphatic heterocycles. The van der Waals surface area contributed by atoms with Gasteiger partial charge in [0.25, 0.3) is 0 Å².